The van der Waals surface area contributed by atoms with E-state index in [0.717, 1.165) is 23.5 Å². The molecule has 0 N–H and O–H groups in total. The first-order chi connectivity index (χ1) is 29.2. The molecule has 0 aliphatic heterocycles. The Labute approximate surface area is 346 Å². The highest BCUT2D eigenvalue weighted by Crippen LogP contribution is 2.63. The second-order valence-electron chi connectivity index (χ2n) is 16.2. The molecule has 0 bridgehead atoms. The van der Waals surface area contributed by atoms with Crippen LogP contribution in [0.2, 0.25) is 0 Å². The maximum Gasteiger partial charge on any atom is 0.0791 e. The highest BCUT2D eigenvalue weighted by atomic mass is 16.5. The minimum Gasteiger partial charge on any atom is -0.377 e. The first-order valence-corrected chi connectivity index (χ1v) is 20.7. The molecule has 1 atom stereocenters. The molecule has 2 heteroatoms. The smallest absolute Gasteiger partial charge is 0.0791 e. The fourth-order valence-electron chi connectivity index (χ4n) is 11.2. The van der Waals surface area contributed by atoms with Gasteiger partial charge in [-0.3, -0.25) is 0 Å². The van der Waals surface area contributed by atoms with E-state index in [4.69, 9.17) is 4.74 Å². The maximum atomic E-state index is 5.83. The van der Waals surface area contributed by atoms with Crippen molar-refractivity contribution in [1.82, 2.24) is 0 Å². The van der Waals surface area contributed by atoms with Crippen LogP contribution in [0.5, 0.6) is 0 Å². The molecule has 59 heavy (non-hydrogen) atoms. The third-order valence-electron chi connectivity index (χ3n) is 13.5. The van der Waals surface area contributed by atoms with Gasteiger partial charge in [0.2, 0.25) is 0 Å². The van der Waals surface area contributed by atoms with Crippen LogP contribution in [0.15, 0.2) is 218 Å². The van der Waals surface area contributed by atoms with Crippen LogP contribution in [-0.2, 0) is 15.6 Å². The summed E-state index contributed by atoms with van der Waals surface area (Å²) in [6.07, 6.45) is 7.64. The Morgan fingerprint density at radius 1 is 0.424 bits per heavy atom. The number of nitrogens with zero attached hydrogens (tertiary/aromatic N) is 1. The Morgan fingerprint density at radius 2 is 0.814 bits per heavy atom. The monoisotopic (exact) mass is 755 g/mol. The lowest BCUT2D eigenvalue weighted by Crippen LogP contribution is -2.29. The third-order valence-corrected chi connectivity index (χ3v) is 13.5. The topological polar surface area (TPSA) is 12.5 Å². The molecule has 0 amide bonds. The van der Waals surface area contributed by atoms with Crippen molar-refractivity contribution in [1.29, 1.82) is 0 Å². The van der Waals surface area contributed by atoms with E-state index in [0.29, 0.717) is 0 Å². The number of hydrogen-bond donors (Lipinski definition) is 0. The molecular weight excluding hydrogens is 715 g/mol. The predicted molar refractivity (Wildman–Crippen MR) is 241 cm³/mol. The quantitative estimate of drug-likeness (QED) is 0.168. The predicted octanol–water partition coefficient (Wildman–Crippen LogP) is 13.4. The van der Waals surface area contributed by atoms with E-state index < -0.39 is 10.8 Å². The van der Waals surface area contributed by atoms with Crippen LogP contribution in [0.1, 0.15) is 50.9 Å². The van der Waals surface area contributed by atoms with Crippen LogP contribution in [0.3, 0.4) is 0 Å². The summed E-state index contributed by atoms with van der Waals surface area (Å²) >= 11 is 0. The summed E-state index contributed by atoms with van der Waals surface area (Å²) < 4.78 is 5.83. The van der Waals surface area contributed by atoms with Gasteiger partial charge in [0.1, 0.15) is 0 Å². The van der Waals surface area contributed by atoms with Crippen molar-refractivity contribution in [3.63, 3.8) is 0 Å². The lowest BCUT2D eigenvalue weighted by molar-refractivity contribution is 0.142. The fraction of sp³-hybridized carbons (Fsp3) is 0.0877. The molecule has 0 fully saturated rings. The van der Waals surface area contributed by atoms with Gasteiger partial charge in [-0.15, -0.1) is 0 Å². The fourth-order valence-corrected chi connectivity index (χ4v) is 11.2. The molecule has 0 saturated carbocycles. The van der Waals surface area contributed by atoms with Crippen molar-refractivity contribution < 1.29 is 4.74 Å². The lowest BCUT2D eigenvalue weighted by atomic mass is 9.67. The second kappa shape index (κ2) is 13.0. The average molecular weight is 756 g/mol. The maximum absolute atomic E-state index is 5.83. The second-order valence-corrected chi connectivity index (χ2v) is 16.2. The highest BCUT2D eigenvalue weighted by Gasteiger charge is 2.52. The number of fused-ring (bicyclic) bond motifs is 13. The zero-order valence-corrected chi connectivity index (χ0v) is 32.8. The molecule has 4 aliphatic carbocycles. The lowest BCUT2D eigenvalue weighted by Gasteiger charge is -2.35. The largest absolute Gasteiger partial charge is 0.377 e. The van der Waals surface area contributed by atoms with Crippen molar-refractivity contribution in [2.45, 2.75) is 23.4 Å². The summed E-state index contributed by atoms with van der Waals surface area (Å²) in [4.78, 5) is 2.48. The zero-order valence-electron chi connectivity index (χ0n) is 32.8. The normalized spacial score (nSPS) is 16.7. The Kier molecular flexibility index (Phi) is 7.51. The van der Waals surface area contributed by atoms with E-state index in [1.807, 2.05) is 0 Å². The van der Waals surface area contributed by atoms with Crippen LogP contribution in [0.25, 0.3) is 33.4 Å². The van der Waals surface area contributed by atoms with E-state index in [-0.39, 0.29) is 6.10 Å². The van der Waals surface area contributed by atoms with Crippen LogP contribution in [-0.4, -0.2) is 13.2 Å². The number of benzene rings is 8. The van der Waals surface area contributed by atoms with Gasteiger partial charge in [0.25, 0.3) is 0 Å². The zero-order chi connectivity index (χ0) is 39.1. The summed E-state index contributed by atoms with van der Waals surface area (Å²) in [5.41, 5.74) is 20.7. The van der Waals surface area contributed by atoms with Crippen LogP contribution < -0.4 is 4.90 Å². The van der Waals surface area contributed by atoms with E-state index >= 15 is 0 Å². The SMILES string of the molecule is COC1C=CC(N(c2ccc3c(c2)C(c2ccccc2)(c2ccccc2)c2ccccc2-3)c2ccc3c(c2)C2(c4ccccc4-c4ccccc42)c2ccccc2-3)=CC1. The minimum absolute atomic E-state index is 0.0446. The third kappa shape index (κ3) is 4.61. The summed E-state index contributed by atoms with van der Waals surface area (Å²) in [7, 11) is 1.80. The van der Waals surface area contributed by atoms with Gasteiger partial charge in [0, 0.05) is 24.2 Å². The summed E-state index contributed by atoms with van der Waals surface area (Å²) in [5.74, 6) is 0. The van der Waals surface area contributed by atoms with Gasteiger partial charge in [-0.05, 0) is 115 Å². The number of methoxy groups -OCH3 is 1. The van der Waals surface area contributed by atoms with Crippen molar-refractivity contribution in [3.8, 4) is 33.4 Å². The molecule has 280 valence electrons. The Morgan fingerprint density at radius 3 is 1.24 bits per heavy atom. The van der Waals surface area contributed by atoms with E-state index in [1.165, 1.54) is 77.9 Å². The van der Waals surface area contributed by atoms with Crippen molar-refractivity contribution >= 4 is 11.4 Å². The van der Waals surface area contributed by atoms with Gasteiger partial charge in [-0.2, -0.15) is 0 Å². The van der Waals surface area contributed by atoms with Gasteiger partial charge in [-0.1, -0.05) is 182 Å². The Balaban J connectivity index is 1.12. The molecular formula is C57H41NO. The van der Waals surface area contributed by atoms with Crippen molar-refractivity contribution in [3.05, 3.63) is 263 Å². The molecule has 0 heterocycles. The van der Waals surface area contributed by atoms with Gasteiger partial charge >= 0.3 is 0 Å². The Bertz CT molecular complexity index is 2820. The number of hydrogen-bond acceptors (Lipinski definition) is 2. The van der Waals surface area contributed by atoms with Gasteiger partial charge in [-0.25, -0.2) is 0 Å². The molecule has 0 radical (unpaired) electrons. The van der Waals surface area contributed by atoms with Gasteiger partial charge in [0.15, 0.2) is 0 Å². The first kappa shape index (κ1) is 34.1. The highest BCUT2D eigenvalue weighted by molar-refractivity contribution is 5.96. The molecule has 4 aliphatic rings. The summed E-state index contributed by atoms with van der Waals surface area (Å²) in [5, 5.41) is 0. The molecule has 2 nitrogen and oxygen atoms in total. The Hall–Kier alpha value is -7.00. The van der Waals surface area contributed by atoms with Gasteiger partial charge in [0.05, 0.1) is 16.9 Å². The molecule has 0 saturated heterocycles. The molecule has 0 aromatic heterocycles. The number of allylic oxidation sites excluding steroid dienone is 1. The first-order valence-electron chi connectivity index (χ1n) is 20.7. The van der Waals surface area contributed by atoms with Crippen LogP contribution in [0, 0.1) is 0 Å². The van der Waals surface area contributed by atoms with Gasteiger partial charge < -0.3 is 9.64 Å². The van der Waals surface area contributed by atoms with Crippen molar-refractivity contribution in [2.24, 2.45) is 0 Å². The minimum atomic E-state index is -0.505. The van der Waals surface area contributed by atoms with E-state index in [9.17, 15) is 0 Å². The molecule has 1 unspecified atom stereocenters. The molecule has 8 aromatic rings. The molecule has 8 aromatic carbocycles. The molecule has 12 rings (SSSR count). The van der Waals surface area contributed by atoms with Crippen LogP contribution >= 0.6 is 0 Å². The number of anilines is 2. The van der Waals surface area contributed by atoms with E-state index in [2.05, 4.69) is 217 Å². The summed E-state index contributed by atoms with van der Waals surface area (Å²) in [6, 6.07) is 72.7. The van der Waals surface area contributed by atoms with Crippen LogP contribution in [0.4, 0.5) is 11.4 Å². The number of rotatable bonds is 6. The van der Waals surface area contributed by atoms with E-state index in [1.54, 1.807) is 7.11 Å². The average Bonchev–Trinajstić information content (AvgIpc) is 3.90. The van der Waals surface area contributed by atoms with Crippen molar-refractivity contribution in [2.75, 3.05) is 12.0 Å². The summed E-state index contributed by atoms with van der Waals surface area (Å²) in [6.45, 7) is 0. The number of ether oxygens (including phenoxy) is 1. The molecule has 1 spiro atoms. The standard InChI is InChI=1S/C57H41NO/c1-59-43-32-28-40(29-33-43)58(41-30-34-48-46-22-8-12-24-50(46)56(54(48)36-41,38-16-4-2-5-17-38)39-18-6-3-7-19-39)42-31-35-49-47-23-11-15-27-53(47)57(55(49)37-42)51-25-13-9-20-44(51)45-21-10-14-26-52(45)57/h2-32,34-37,43H,33H2,1H3.